The van der Waals surface area contributed by atoms with Gasteiger partial charge < -0.3 is 4.57 Å². The third kappa shape index (κ3) is 1.15. The monoisotopic (exact) mass is 208 g/mol. The molecule has 1 aromatic rings. The van der Waals surface area contributed by atoms with Gasteiger partial charge >= 0.3 is 0 Å². The van der Waals surface area contributed by atoms with Crippen LogP contribution in [0.1, 0.15) is 5.69 Å². The number of fused-ring (bicyclic) bond motifs is 1. The maximum atomic E-state index is 5.83. The number of nitrogens with zero attached hydrogens (tertiary/aromatic N) is 2. The van der Waals surface area contributed by atoms with E-state index in [0.29, 0.717) is 11.0 Å². The topological polar surface area (TPSA) is 17.8 Å². The van der Waals surface area contributed by atoms with Gasteiger partial charge in [0.15, 0.2) is 10.3 Å². The molecule has 0 N–H and O–H groups in total. The van der Waals surface area contributed by atoms with Crippen molar-refractivity contribution in [3.05, 3.63) is 10.8 Å². The average Bonchev–Trinajstić information content (AvgIpc) is 2.46. The standard InChI is InChI=1S/C6H6Cl2N2S/c7-3-4-5(8)9-6-10(4)1-2-11-6/h1-3H2. The van der Waals surface area contributed by atoms with Crippen molar-refractivity contribution in [2.75, 3.05) is 5.75 Å². The van der Waals surface area contributed by atoms with Gasteiger partial charge in [0.1, 0.15) is 0 Å². The van der Waals surface area contributed by atoms with Crippen LogP contribution in [0.5, 0.6) is 0 Å². The Morgan fingerprint density at radius 1 is 1.64 bits per heavy atom. The molecule has 5 heteroatoms. The fourth-order valence-corrected chi connectivity index (χ4v) is 2.74. The summed E-state index contributed by atoms with van der Waals surface area (Å²) in [6, 6.07) is 0. The summed E-state index contributed by atoms with van der Waals surface area (Å²) in [5, 5.41) is 1.56. The second-order valence-corrected chi connectivity index (χ2v) is 3.95. The minimum atomic E-state index is 0.451. The van der Waals surface area contributed by atoms with Gasteiger partial charge in [-0.15, -0.1) is 11.6 Å². The van der Waals surface area contributed by atoms with E-state index in [1.54, 1.807) is 11.8 Å². The molecular weight excluding hydrogens is 203 g/mol. The molecule has 1 aliphatic heterocycles. The molecule has 0 bridgehead atoms. The smallest absolute Gasteiger partial charge is 0.169 e. The zero-order valence-corrected chi connectivity index (χ0v) is 8.01. The van der Waals surface area contributed by atoms with Gasteiger partial charge in [-0.3, -0.25) is 0 Å². The van der Waals surface area contributed by atoms with Gasteiger partial charge in [-0.05, 0) is 0 Å². The molecule has 1 aromatic heterocycles. The highest BCUT2D eigenvalue weighted by Gasteiger charge is 2.19. The lowest BCUT2D eigenvalue weighted by Crippen LogP contribution is -1.97. The van der Waals surface area contributed by atoms with E-state index in [0.717, 1.165) is 23.1 Å². The van der Waals surface area contributed by atoms with E-state index in [9.17, 15) is 0 Å². The molecule has 11 heavy (non-hydrogen) atoms. The zero-order chi connectivity index (χ0) is 7.84. The fraction of sp³-hybridized carbons (Fsp3) is 0.500. The highest BCUT2D eigenvalue weighted by Crippen LogP contribution is 2.30. The quantitative estimate of drug-likeness (QED) is 0.661. The van der Waals surface area contributed by atoms with E-state index in [1.807, 2.05) is 0 Å². The average molecular weight is 209 g/mol. The van der Waals surface area contributed by atoms with Gasteiger partial charge in [-0.25, -0.2) is 4.98 Å². The SMILES string of the molecule is ClCc1c(Cl)nc2n1CCS2. The highest BCUT2D eigenvalue weighted by atomic mass is 35.5. The van der Waals surface area contributed by atoms with Crippen LogP contribution in [0.15, 0.2) is 5.16 Å². The Balaban J connectivity index is 2.52. The summed E-state index contributed by atoms with van der Waals surface area (Å²) in [6.07, 6.45) is 0. The molecular formula is C6H6Cl2N2S. The van der Waals surface area contributed by atoms with Crippen LogP contribution in [0.3, 0.4) is 0 Å². The maximum Gasteiger partial charge on any atom is 0.169 e. The molecule has 0 spiro atoms. The van der Waals surface area contributed by atoms with Crippen LogP contribution in [-0.4, -0.2) is 15.3 Å². The van der Waals surface area contributed by atoms with Gasteiger partial charge in [-0.1, -0.05) is 23.4 Å². The van der Waals surface area contributed by atoms with E-state index in [-0.39, 0.29) is 0 Å². The summed E-state index contributed by atoms with van der Waals surface area (Å²) in [5.74, 6) is 1.54. The Hall–Kier alpha value is 0.140. The summed E-state index contributed by atoms with van der Waals surface area (Å²) < 4.78 is 2.08. The number of hydrogen-bond donors (Lipinski definition) is 0. The van der Waals surface area contributed by atoms with Crippen molar-refractivity contribution in [1.82, 2.24) is 9.55 Å². The summed E-state index contributed by atoms with van der Waals surface area (Å²) in [7, 11) is 0. The van der Waals surface area contributed by atoms with Crippen LogP contribution < -0.4 is 0 Å². The Kier molecular flexibility index (Phi) is 2.04. The largest absolute Gasteiger partial charge is 0.320 e. The second-order valence-electron chi connectivity index (χ2n) is 2.27. The van der Waals surface area contributed by atoms with E-state index < -0.39 is 0 Å². The van der Waals surface area contributed by atoms with E-state index >= 15 is 0 Å². The third-order valence-corrected chi connectivity index (χ3v) is 3.17. The van der Waals surface area contributed by atoms with Crippen LogP contribution in [0, 0.1) is 0 Å². The number of alkyl halides is 1. The van der Waals surface area contributed by atoms with Gasteiger partial charge in [0.25, 0.3) is 0 Å². The summed E-state index contributed by atoms with van der Waals surface area (Å²) in [4.78, 5) is 4.17. The zero-order valence-electron chi connectivity index (χ0n) is 5.68. The highest BCUT2D eigenvalue weighted by molar-refractivity contribution is 7.99. The molecule has 0 fully saturated rings. The van der Waals surface area contributed by atoms with Crippen LogP contribution in [0.25, 0.3) is 0 Å². The van der Waals surface area contributed by atoms with Crippen LogP contribution >= 0.6 is 35.0 Å². The van der Waals surface area contributed by atoms with Crippen molar-refractivity contribution in [3.8, 4) is 0 Å². The van der Waals surface area contributed by atoms with Crippen molar-refractivity contribution in [2.24, 2.45) is 0 Å². The van der Waals surface area contributed by atoms with Crippen molar-refractivity contribution in [1.29, 1.82) is 0 Å². The molecule has 0 amide bonds. The molecule has 2 heterocycles. The minimum Gasteiger partial charge on any atom is -0.320 e. The molecule has 0 atom stereocenters. The maximum absolute atomic E-state index is 5.83. The van der Waals surface area contributed by atoms with Crippen LogP contribution in [0.4, 0.5) is 0 Å². The van der Waals surface area contributed by atoms with Gasteiger partial charge in [-0.2, -0.15) is 0 Å². The predicted molar refractivity (Wildman–Crippen MR) is 47.5 cm³/mol. The molecule has 0 saturated carbocycles. The number of thioether (sulfide) groups is 1. The van der Waals surface area contributed by atoms with Gasteiger partial charge in [0, 0.05) is 12.3 Å². The summed E-state index contributed by atoms with van der Waals surface area (Å²) in [5.41, 5.74) is 0.952. The Morgan fingerprint density at radius 3 is 3.18 bits per heavy atom. The molecule has 0 saturated heterocycles. The van der Waals surface area contributed by atoms with Crippen LogP contribution in [-0.2, 0) is 12.4 Å². The lowest BCUT2D eigenvalue weighted by molar-refractivity contribution is 0.694. The number of imidazole rings is 1. The van der Waals surface area contributed by atoms with Crippen molar-refractivity contribution in [3.63, 3.8) is 0 Å². The summed E-state index contributed by atoms with van der Waals surface area (Å²) >= 11 is 13.3. The Labute approximate surface area is 78.9 Å². The number of rotatable bonds is 1. The molecule has 0 radical (unpaired) electrons. The van der Waals surface area contributed by atoms with E-state index in [2.05, 4.69) is 9.55 Å². The van der Waals surface area contributed by atoms with E-state index in [4.69, 9.17) is 23.2 Å². The first-order valence-corrected chi connectivity index (χ1v) is 5.16. The molecule has 60 valence electrons. The lowest BCUT2D eigenvalue weighted by Gasteiger charge is -1.98. The predicted octanol–water partition coefficient (Wildman–Crippen LogP) is 2.38. The van der Waals surface area contributed by atoms with Crippen molar-refractivity contribution in [2.45, 2.75) is 17.6 Å². The van der Waals surface area contributed by atoms with Crippen LogP contribution in [0.2, 0.25) is 5.15 Å². The molecule has 1 aliphatic rings. The first-order chi connectivity index (χ1) is 5.33. The number of hydrogen-bond acceptors (Lipinski definition) is 2. The molecule has 2 nitrogen and oxygen atoms in total. The minimum absolute atomic E-state index is 0.451. The molecule has 0 unspecified atom stereocenters. The Morgan fingerprint density at radius 2 is 2.45 bits per heavy atom. The fourth-order valence-electron chi connectivity index (χ4n) is 1.13. The first kappa shape index (κ1) is 7.77. The van der Waals surface area contributed by atoms with Gasteiger partial charge in [0.05, 0.1) is 11.6 Å². The first-order valence-electron chi connectivity index (χ1n) is 3.26. The van der Waals surface area contributed by atoms with Crippen molar-refractivity contribution >= 4 is 35.0 Å². The lowest BCUT2D eigenvalue weighted by atomic mass is 10.5. The number of halogens is 2. The molecule has 2 rings (SSSR count). The normalized spacial score (nSPS) is 15.5. The van der Waals surface area contributed by atoms with Gasteiger partial charge in [0.2, 0.25) is 0 Å². The molecule has 0 aromatic carbocycles. The van der Waals surface area contributed by atoms with Crippen molar-refractivity contribution < 1.29 is 0 Å². The molecule has 0 aliphatic carbocycles. The number of aromatic nitrogens is 2. The third-order valence-electron chi connectivity index (χ3n) is 1.66. The summed E-state index contributed by atoms with van der Waals surface area (Å²) in [6.45, 7) is 0.988. The second kappa shape index (κ2) is 2.88. The Bertz CT molecular complexity index is 284. The van der Waals surface area contributed by atoms with E-state index in [1.165, 1.54) is 0 Å².